The maximum absolute atomic E-state index is 13.6. The van der Waals surface area contributed by atoms with Gasteiger partial charge in [-0.3, -0.25) is 4.79 Å². The normalized spacial score (nSPS) is 13.7. The van der Waals surface area contributed by atoms with Crippen LogP contribution in [0.2, 0.25) is 0 Å². The van der Waals surface area contributed by atoms with E-state index < -0.39 is 22.2 Å². The van der Waals surface area contributed by atoms with E-state index in [4.69, 9.17) is 4.42 Å². The van der Waals surface area contributed by atoms with Gasteiger partial charge in [-0.15, -0.1) is 0 Å². The average Bonchev–Trinajstić information content (AvgIpc) is 3.24. The monoisotopic (exact) mass is 499 g/mol. The lowest BCUT2D eigenvalue weighted by molar-refractivity contribution is -0.120. The molecule has 0 saturated heterocycles. The minimum atomic E-state index is -3.90. The Labute approximate surface area is 207 Å². The van der Waals surface area contributed by atoms with E-state index >= 15 is 0 Å². The molecule has 3 aromatic rings. The molecule has 1 heterocycles. The van der Waals surface area contributed by atoms with E-state index in [0.29, 0.717) is 18.0 Å². The summed E-state index contributed by atoms with van der Waals surface area (Å²) in [5.74, 6) is 0.266. The minimum absolute atomic E-state index is 0.0303. The maximum Gasteiger partial charge on any atom is 0.243 e. The van der Waals surface area contributed by atoms with Gasteiger partial charge in [0.2, 0.25) is 15.9 Å². The van der Waals surface area contributed by atoms with Gasteiger partial charge < -0.3 is 14.8 Å². The van der Waals surface area contributed by atoms with Gasteiger partial charge >= 0.3 is 0 Å². The molecule has 0 saturated carbocycles. The molecule has 3 rings (SSSR count). The molecule has 0 fully saturated rings. The number of oxazole rings is 1. The van der Waals surface area contributed by atoms with Crippen LogP contribution < -0.4 is 5.32 Å². The van der Waals surface area contributed by atoms with Crippen molar-refractivity contribution in [2.75, 3.05) is 13.1 Å². The van der Waals surface area contributed by atoms with E-state index in [1.54, 1.807) is 19.1 Å². The number of carbonyl (C=O) groups is 1. The number of aliphatic hydroxyl groups excluding tert-OH is 1. The Kier molecular flexibility index (Phi) is 8.82. The Bertz CT molecular complexity index is 1210. The van der Waals surface area contributed by atoms with Gasteiger partial charge in [0.25, 0.3) is 0 Å². The van der Waals surface area contributed by atoms with Gasteiger partial charge in [0.15, 0.2) is 5.89 Å². The average molecular weight is 500 g/mol. The highest BCUT2D eigenvalue weighted by Crippen LogP contribution is 2.24. The van der Waals surface area contributed by atoms with E-state index in [-0.39, 0.29) is 29.8 Å². The lowest BCUT2D eigenvalue weighted by Crippen LogP contribution is -2.50. The van der Waals surface area contributed by atoms with Crippen molar-refractivity contribution in [3.05, 3.63) is 72.3 Å². The smallest absolute Gasteiger partial charge is 0.243 e. The Morgan fingerprint density at radius 2 is 1.74 bits per heavy atom. The Balaban J connectivity index is 1.83. The van der Waals surface area contributed by atoms with E-state index in [2.05, 4.69) is 10.3 Å². The summed E-state index contributed by atoms with van der Waals surface area (Å²) in [5.41, 5.74) is 2.30. The standard InChI is InChI=1S/C26H33N3O5S/c1-18(2)15-29(16-26(31)24(27-19(3)30)14-21-8-6-5-7-9-21)35(32,33)23-12-10-22(11-13-23)25-17-34-20(4)28-25/h5-13,17-18,24,26,31H,14-16H2,1-4H3,(H,27,30)/t24-,26+/m0/s1. The van der Waals surface area contributed by atoms with Gasteiger partial charge in [0, 0.05) is 32.5 Å². The molecule has 1 amide bonds. The van der Waals surface area contributed by atoms with Gasteiger partial charge in [0.05, 0.1) is 17.0 Å². The lowest BCUT2D eigenvalue weighted by atomic mass is 10.0. The summed E-state index contributed by atoms with van der Waals surface area (Å²) in [6, 6.07) is 15.3. The third-order valence-corrected chi connectivity index (χ3v) is 7.36. The summed E-state index contributed by atoms with van der Waals surface area (Å²) in [6.45, 7) is 7.03. The SMILES string of the molecule is CC(=O)N[C@@H](Cc1ccccc1)[C@H](O)CN(CC(C)C)S(=O)(=O)c1ccc(-c2coc(C)n2)cc1. The number of sulfonamides is 1. The second-order valence-electron chi connectivity index (χ2n) is 9.06. The van der Waals surface area contributed by atoms with Crippen LogP contribution in [0.5, 0.6) is 0 Å². The van der Waals surface area contributed by atoms with Crippen molar-refractivity contribution < 1.29 is 22.7 Å². The molecule has 8 nitrogen and oxygen atoms in total. The number of carbonyl (C=O) groups excluding carboxylic acids is 1. The zero-order valence-electron chi connectivity index (χ0n) is 20.5. The fourth-order valence-corrected chi connectivity index (χ4v) is 5.49. The Morgan fingerprint density at radius 1 is 1.09 bits per heavy atom. The van der Waals surface area contributed by atoms with Crippen LogP contribution in [0.1, 0.15) is 32.2 Å². The van der Waals surface area contributed by atoms with Gasteiger partial charge in [-0.1, -0.05) is 56.3 Å². The number of nitrogens with zero attached hydrogens (tertiary/aromatic N) is 2. The predicted molar refractivity (Wildman–Crippen MR) is 134 cm³/mol. The first-order chi connectivity index (χ1) is 16.6. The molecule has 0 unspecified atom stereocenters. The first-order valence-corrected chi connectivity index (χ1v) is 13.0. The van der Waals surface area contributed by atoms with Crippen molar-refractivity contribution >= 4 is 15.9 Å². The molecule has 2 aromatic carbocycles. The van der Waals surface area contributed by atoms with Gasteiger partial charge in [-0.25, -0.2) is 13.4 Å². The third-order valence-electron chi connectivity index (χ3n) is 5.52. The minimum Gasteiger partial charge on any atom is -0.449 e. The Morgan fingerprint density at radius 3 is 2.29 bits per heavy atom. The van der Waals surface area contributed by atoms with E-state index in [0.717, 1.165) is 11.1 Å². The molecule has 1 aromatic heterocycles. The van der Waals surface area contributed by atoms with Gasteiger partial charge in [0.1, 0.15) is 12.0 Å². The molecular weight excluding hydrogens is 466 g/mol. The van der Waals surface area contributed by atoms with Crippen LogP contribution in [-0.2, 0) is 21.2 Å². The molecule has 2 atom stereocenters. The number of benzene rings is 2. The van der Waals surface area contributed by atoms with Crippen LogP contribution >= 0.6 is 0 Å². The molecule has 188 valence electrons. The highest BCUT2D eigenvalue weighted by Gasteiger charge is 2.31. The zero-order valence-corrected chi connectivity index (χ0v) is 21.3. The van der Waals surface area contributed by atoms with Crippen LogP contribution in [0.25, 0.3) is 11.3 Å². The topological polar surface area (TPSA) is 113 Å². The van der Waals surface area contributed by atoms with Crippen molar-refractivity contribution in [3.8, 4) is 11.3 Å². The van der Waals surface area contributed by atoms with Crippen molar-refractivity contribution in [1.29, 1.82) is 0 Å². The van der Waals surface area contributed by atoms with E-state index in [9.17, 15) is 18.3 Å². The predicted octanol–water partition coefficient (Wildman–Crippen LogP) is 3.41. The molecule has 9 heteroatoms. The van der Waals surface area contributed by atoms with Crippen LogP contribution in [-0.4, -0.2) is 54.0 Å². The number of rotatable bonds is 11. The Hall–Kier alpha value is -3.01. The van der Waals surface area contributed by atoms with Crippen LogP contribution in [0.3, 0.4) is 0 Å². The molecule has 0 aliphatic heterocycles. The molecule has 0 aliphatic rings. The second-order valence-corrected chi connectivity index (χ2v) is 11.0. The number of hydrogen-bond donors (Lipinski definition) is 2. The summed E-state index contributed by atoms with van der Waals surface area (Å²) < 4.78 is 33.6. The summed E-state index contributed by atoms with van der Waals surface area (Å²) in [6.07, 6.45) is 0.794. The molecule has 35 heavy (non-hydrogen) atoms. The number of nitrogens with one attached hydrogen (secondary N) is 1. The quantitative estimate of drug-likeness (QED) is 0.418. The number of aryl methyl sites for hydroxylation is 1. The second kappa shape index (κ2) is 11.6. The molecule has 0 radical (unpaired) electrons. The van der Waals surface area contributed by atoms with Gasteiger partial charge in [-0.2, -0.15) is 4.31 Å². The first-order valence-electron chi connectivity index (χ1n) is 11.6. The molecular formula is C26H33N3O5S. The van der Waals surface area contributed by atoms with Crippen molar-refractivity contribution in [1.82, 2.24) is 14.6 Å². The summed E-state index contributed by atoms with van der Waals surface area (Å²) in [7, 11) is -3.90. The zero-order chi connectivity index (χ0) is 25.6. The molecule has 0 spiro atoms. The highest BCUT2D eigenvalue weighted by molar-refractivity contribution is 7.89. The van der Waals surface area contributed by atoms with E-state index in [1.807, 2.05) is 44.2 Å². The first kappa shape index (κ1) is 26.6. The lowest BCUT2D eigenvalue weighted by Gasteiger charge is -2.30. The number of hydrogen-bond acceptors (Lipinski definition) is 6. The number of amides is 1. The summed E-state index contributed by atoms with van der Waals surface area (Å²) in [5, 5.41) is 13.8. The van der Waals surface area contributed by atoms with Crippen LogP contribution in [0, 0.1) is 12.8 Å². The molecule has 0 aliphatic carbocycles. The van der Waals surface area contributed by atoms with Crippen molar-refractivity contribution in [3.63, 3.8) is 0 Å². The van der Waals surface area contributed by atoms with E-state index in [1.165, 1.54) is 29.6 Å². The highest BCUT2D eigenvalue weighted by atomic mass is 32.2. The summed E-state index contributed by atoms with van der Waals surface area (Å²) in [4.78, 5) is 16.2. The fraction of sp³-hybridized carbons (Fsp3) is 0.385. The maximum atomic E-state index is 13.6. The number of aliphatic hydroxyl groups is 1. The third kappa shape index (κ3) is 7.24. The van der Waals surface area contributed by atoms with Gasteiger partial charge in [-0.05, 0) is 30.0 Å². The van der Waals surface area contributed by atoms with Crippen molar-refractivity contribution in [2.24, 2.45) is 5.92 Å². The van der Waals surface area contributed by atoms with Crippen LogP contribution in [0.4, 0.5) is 0 Å². The molecule has 0 bridgehead atoms. The van der Waals surface area contributed by atoms with Crippen molar-refractivity contribution in [2.45, 2.75) is 51.2 Å². The fourth-order valence-electron chi connectivity index (χ4n) is 3.87. The largest absolute Gasteiger partial charge is 0.449 e. The van der Waals surface area contributed by atoms with Crippen LogP contribution in [0.15, 0.2) is 70.2 Å². The number of aromatic nitrogens is 1. The summed E-state index contributed by atoms with van der Waals surface area (Å²) >= 11 is 0. The molecule has 2 N–H and O–H groups in total.